The highest BCUT2D eigenvalue weighted by Crippen LogP contribution is 1.99. The zero-order valence-electron chi connectivity index (χ0n) is 7.94. The molecule has 1 aliphatic rings. The minimum Gasteiger partial charge on any atom is -0.378 e. The van der Waals surface area contributed by atoms with Crippen LogP contribution in [-0.2, 0) is 4.74 Å². The fourth-order valence-electron chi connectivity index (χ4n) is 1.37. The molecule has 2 N–H and O–H groups in total. The van der Waals surface area contributed by atoms with Gasteiger partial charge in [0.05, 0.1) is 13.2 Å². The van der Waals surface area contributed by atoms with Crippen molar-refractivity contribution < 1.29 is 4.74 Å². The Morgan fingerprint density at radius 3 is 3.36 bits per heavy atom. The van der Waals surface area contributed by atoms with E-state index in [2.05, 4.69) is 20.6 Å². The van der Waals surface area contributed by atoms with Gasteiger partial charge in [0.25, 0.3) is 0 Å². The maximum atomic E-state index is 5.34. The number of nitrogens with one attached hydrogen (secondary N) is 2. The first kappa shape index (κ1) is 9.36. The molecule has 1 aromatic heterocycles. The van der Waals surface area contributed by atoms with Crippen LogP contribution in [0.4, 0.5) is 5.82 Å². The lowest BCUT2D eigenvalue weighted by Crippen LogP contribution is -2.45. The number of morpholine rings is 1. The summed E-state index contributed by atoms with van der Waals surface area (Å²) in [5.41, 5.74) is 0. The largest absolute Gasteiger partial charge is 0.378 e. The molecule has 14 heavy (non-hydrogen) atoms. The molecule has 0 saturated carbocycles. The van der Waals surface area contributed by atoms with Gasteiger partial charge >= 0.3 is 0 Å². The minimum absolute atomic E-state index is 0.374. The molecule has 1 saturated heterocycles. The van der Waals surface area contributed by atoms with Gasteiger partial charge in [-0.2, -0.15) is 0 Å². The molecule has 1 aromatic rings. The summed E-state index contributed by atoms with van der Waals surface area (Å²) in [5, 5.41) is 6.58. The molecule has 76 valence electrons. The summed E-state index contributed by atoms with van der Waals surface area (Å²) in [7, 11) is 0. The number of aromatic nitrogens is 2. The summed E-state index contributed by atoms with van der Waals surface area (Å²) in [4.78, 5) is 7.92. The van der Waals surface area contributed by atoms with Crippen molar-refractivity contribution in [2.75, 3.05) is 31.6 Å². The van der Waals surface area contributed by atoms with Crippen molar-refractivity contribution in [3.8, 4) is 0 Å². The molecule has 2 heterocycles. The standard InChI is InChI=1S/C9H14N4O/c1-2-10-7-13-9(1)12-5-8-6-14-4-3-11-8/h1-2,7-8,11H,3-6H2,(H,10,12,13). The van der Waals surface area contributed by atoms with Gasteiger partial charge in [-0.3, -0.25) is 0 Å². The van der Waals surface area contributed by atoms with Gasteiger partial charge in [-0.1, -0.05) is 0 Å². The normalized spacial score (nSPS) is 21.9. The number of hydrogen-bond acceptors (Lipinski definition) is 5. The van der Waals surface area contributed by atoms with Crippen LogP contribution in [-0.4, -0.2) is 42.3 Å². The second-order valence-electron chi connectivity index (χ2n) is 3.20. The van der Waals surface area contributed by atoms with E-state index < -0.39 is 0 Å². The number of rotatable bonds is 3. The van der Waals surface area contributed by atoms with Gasteiger partial charge in [0.15, 0.2) is 0 Å². The van der Waals surface area contributed by atoms with Crippen LogP contribution in [0.1, 0.15) is 0 Å². The first-order valence-corrected chi connectivity index (χ1v) is 4.76. The molecule has 0 bridgehead atoms. The monoisotopic (exact) mass is 194 g/mol. The lowest BCUT2D eigenvalue weighted by molar-refractivity contribution is 0.0806. The van der Waals surface area contributed by atoms with Crippen molar-refractivity contribution in [3.05, 3.63) is 18.6 Å². The molecule has 1 fully saturated rings. The van der Waals surface area contributed by atoms with Crippen molar-refractivity contribution in [2.24, 2.45) is 0 Å². The Kier molecular flexibility index (Phi) is 3.26. The lowest BCUT2D eigenvalue weighted by atomic mass is 10.3. The van der Waals surface area contributed by atoms with Crippen molar-refractivity contribution in [1.29, 1.82) is 0 Å². The third-order valence-corrected chi connectivity index (χ3v) is 2.11. The van der Waals surface area contributed by atoms with Gasteiger partial charge < -0.3 is 15.4 Å². The van der Waals surface area contributed by atoms with Crippen LogP contribution in [0.25, 0.3) is 0 Å². The average molecular weight is 194 g/mol. The SMILES string of the molecule is c1cc(NCC2COCCN2)ncn1. The number of anilines is 1. The van der Waals surface area contributed by atoms with E-state index in [4.69, 9.17) is 4.74 Å². The Bertz CT molecular complexity index is 261. The van der Waals surface area contributed by atoms with Crippen molar-refractivity contribution >= 4 is 5.82 Å². The van der Waals surface area contributed by atoms with Crippen molar-refractivity contribution in [2.45, 2.75) is 6.04 Å². The Morgan fingerprint density at radius 2 is 2.64 bits per heavy atom. The summed E-state index contributed by atoms with van der Waals surface area (Å²) in [6.45, 7) is 3.33. The zero-order valence-corrected chi connectivity index (χ0v) is 7.94. The maximum Gasteiger partial charge on any atom is 0.129 e. The van der Waals surface area contributed by atoms with E-state index in [1.165, 1.54) is 6.33 Å². The van der Waals surface area contributed by atoms with Gasteiger partial charge in [-0.05, 0) is 6.07 Å². The molecule has 5 nitrogen and oxygen atoms in total. The summed E-state index contributed by atoms with van der Waals surface area (Å²) in [6.07, 6.45) is 3.26. The quantitative estimate of drug-likeness (QED) is 0.702. The van der Waals surface area contributed by atoms with E-state index in [0.29, 0.717) is 6.04 Å². The van der Waals surface area contributed by atoms with Gasteiger partial charge in [0, 0.05) is 25.3 Å². The summed E-state index contributed by atoms with van der Waals surface area (Å²) < 4.78 is 5.34. The van der Waals surface area contributed by atoms with Gasteiger partial charge in [-0.25, -0.2) is 9.97 Å². The number of hydrogen-bond donors (Lipinski definition) is 2. The maximum absolute atomic E-state index is 5.34. The average Bonchev–Trinajstić information content (AvgIpc) is 2.29. The van der Waals surface area contributed by atoms with Gasteiger partial charge in [0.1, 0.15) is 12.1 Å². The van der Waals surface area contributed by atoms with E-state index in [1.54, 1.807) is 6.20 Å². The number of ether oxygens (including phenoxy) is 1. The first-order chi connectivity index (χ1) is 6.95. The Morgan fingerprint density at radius 1 is 1.64 bits per heavy atom. The Balaban J connectivity index is 1.76. The van der Waals surface area contributed by atoms with E-state index in [0.717, 1.165) is 32.1 Å². The highest BCUT2D eigenvalue weighted by Gasteiger charge is 2.11. The van der Waals surface area contributed by atoms with Crippen LogP contribution in [0.3, 0.4) is 0 Å². The molecule has 1 aliphatic heterocycles. The molecular weight excluding hydrogens is 180 g/mol. The Hall–Kier alpha value is -1.20. The first-order valence-electron chi connectivity index (χ1n) is 4.76. The molecular formula is C9H14N4O. The molecule has 1 unspecified atom stereocenters. The van der Waals surface area contributed by atoms with E-state index in [1.807, 2.05) is 6.07 Å². The second-order valence-corrected chi connectivity index (χ2v) is 3.20. The van der Waals surface area contributed by atoms with Crippen LogP contribution in [0.2, 0.25) is 0 Å². The predicted octanol–water partition coefficient (Wildman–Crippen LogP) is -0.123. The van der Waals surface area contributed by atoms with Crippen LogP contribution >= 0.6 is 0 Å². The van der Waals surface area contributed by atoms with Crippen LogP contribution in [0.5, 0.6) is 0 Å². The third kappa shape index (κ3) is 2.65. The molecule has 0 radical (unpaired) electrons. The predicted molar refractivity (Wildman–Crippen MR) is 53.1 cm³/mol. The zero-order chi connectivity index (χ0) is 9.64. The van der Waals surface area contributed by atoms with Crippen LogP contribution in [0.15, 0.2) is 18.6 Å². The molecule has 0 spiro atoms. The fraction of sp³-hybridized carbons (Fsp3) is 0.556. The van der Waals surface area contributed by atoms with E-state index in [9.17, 15) is 0 Å². The highest BCUT2D eigenvalue weighted by atomic mass is 16.5. The van der Waals surface area contributed by atoms with E-state index >= 15 is 0 Å². The number of nitrogens with zero attached hydrogens (tertiary/aromatic N) is 2. The van der Waals surface area contributed by atoms with E-state index in [-0.39, 0.29) is 0 Å². The minimum atomic E-state index is 0.374. The Labute approximate surface area is 82.9 Å². The highest BCUT2D eigenvalue weighted by molar-refractivity contribution is 5.31. The summed E-state index contributed by atoms with van der Waals surface area (Å²) in [6, 6.07) is 2.22. The summed E-state index contributed by atoms with van der Waals surface area (Å²) in [5.74, 6) is 0.854. The second kappa shape index (κ2) is 4.88. The lowest BCUT2D eigenvalue weighted by Gasteiger charge is -2.24. The molecule has 0 aliphatic carbocycles. The van der Waals surface area contributed by atoms with Gasteiger partial charge in [0.2, 0.25) is 0 Å². The molecule has 2 rings (SSSR count). The molecule has 1 atom stereocenters. The van der Waals surface area contributed by atoms with Crippen molar-refractivity contribution in [3.63, 3.8) is 0 Å². The molecule has 0 amide bonds. The van der Waals surface area contributed by atoms with Crippen LogP contribution in [0, 0.1) is 0 Å². The van der Waals surface area contributed by atoms with Crippen molar-refractivity contribution in [1.82, 2.24) is 15.3 Å². The molecule has 0 aromatic carbocycles. The fourth-order valence-corrected chi connectivity index (χ4v) is 1.37. The summed E-state index contributed by atoms with van der Waals surface area (Å²) >= 11 is 0. The third-order valence-electron chi connectivity index (χ3n) is 2.11. The smallest absolute Gasteiger partial charge is 0.129 e. The van der Waals surface area contributed by atoms with Gasteiger partial charge in [-0.15, -0.1) is 0 Å². The topological polar surface area (TPSA) is 59.1 Å². The molecule has 5 heteroatoms. The van der Waals surface area contributed by atoms with Crippen LogP contribution < -0.4 is 10.6 Å².